The van der Waals surface area contributed by atoms with Crippen molar-refractivity contribution in [3.8, 4) is 12.1 Å². The average molecular weight is 378 g/mol. The second-order valence-corrected chi connectivity index (χ2v) is 7.27. The summed E-state index contributed by atoms with van der Waals surface area (Å²) in [5, 5.41) is 26.0. The lowest BCUT2D eigenvalue weighted by atomic mass is 10.1. The number of hydrogen-bond acceptors (Lipinski definition) is 6. The third kappa shape index (κ3) is 3.53. The van der Waals surface area contributed by atoms with E-state index >= 15 is 0 Å². The number of nitrogens with one attached hydrogen (secondary N) is 1. The van der Waals surface area contributed by atoms with Crippen molar-refractivity contribution >= 4 is 27.9 Å². The Labute approximate surface area is 160 Å². The summed E-state index contributed by atoms with van der Waals surface area (Å²) in [5.41, 5.74) is 4.05. The van der Waals surface area contributed by atoms with E-state index in [1.807, 2.05) is 26.8 Å². The molecular weight excluding hydrogens is 360 g/mol. The first kappa shape index (κ1) is 18.6. The van der Waals surface area contributed by atoms with Crippen LogP contribution in [0.15, 0.2) is 12.3 Å². The summed E-state index contributed by atoms with van der Waals surface area (Å²) in [6.07, 6.45) is 3.10. The Hall–Kier alpha value is -3.23. The van der Waals surface area contributed by atoms with Gasteiger partial charge in [0, 0.05) is 22.7 Å². The molecule has 0 spiro atoms. The van der Waals surface area contributed by atoms with Gasteiger partial charge in [-0.3, -0.25) is 4.79 Å². The van der Waals surface area contributed by atoms with Crippen LogP contribution in [0.25, 0.3) is 5.65 Å². The maximum Gasteiger partial charge on any atom is 0.225 e. The normalized spacial score (nSPS) is 10.6. The molecule has 3 aromatic rings. The number of hydrogen-bond donors (Lipinski definition) is 1. The zero-order valence-electron chi connectivity index (χ0n) is 15.3. The van der Waals surface area contributed by atoms with Crippen LogP contribution in [-0.2, 0) is 17.6 Å². The lowest BCUT2D eigenvalue weighted by Gasteiger charge is -2.11. The number of anilines is 1. The molecule has 3 aromatic heterocycles. The lowest BCUT2D eigenvalue weighted by Crippen LogP contribution is -2.14. The monoisotopic (exact) mass is 378 g/mol. The molecule has 1 amide bonds. The molecule has 0 fully saturated rings. The largest absolute Gasteiger partial charge is 0.317 e. The Kier molecular flexibility index (Phi) is 5.20. The molecule has 0 unspecified atom stereocenters. The highest BCUT2D eigenvalue weighted by molar-refractivity contribution is 7.16. The van der Waals surface area contributed by atoms with Crippen LogP contribution in [0.2, 0.25) is 0 Å². The Balaban J connectivity index is 1.77. The Bertz CT molecular complexity index is 1110. The topological polar surface area (TPSA) is 107 Å². The Morgan fingerprint density at radius 1 is 1.30 bits per heavy atom. The first-order valence-electron chi connectivity index (χ1n) is 8.55. The van der Waals surface area contributed by atoms with E-state index in [4.69, 9.17) is 5.26 Å². The highest BCUT2D eigenvalue weighted by Crippen LogP contribution is 2.28. The quantitative estimate of drug-likeness (QED) is 0.733. The molecule has 3 rings (SSSR count). The van der Waals surface area contributed by atoms with E-state index in [-0.39, 0.29) is 12.3 Å². The van der Waals surface area contributed by atoms with Gasteiger partial charge in [-0.25, -0.2) is 9.50 Å². The highest BCUT2D eigenvalue weighted by atomic mass is 32.1. The molecule has 3 heterocycles. The van der Waals surface area contributed by atoms with Crippen molar-refractivity contribution in [1.29, 1.82) is 10.5 Å². The lowest BCUT2D eigenvalue weighted by molar-refractivity contribution is -0.116. The molecule has 0 saturated carbocycles. The minimum atomic E-state index is -0.145. The molecule has 0 saturated heterocycles. The summed E-state index contributed by atoms with van der Waals surface area (Å²) in [6.45, 7) is 5.79. The van der Waals surface area contributed by atoms with Gasteiger partial charge in [0.25, 0.3) is 0 Å². The fourth-order valence-corrected chi connectivity index (χ4v) is 3.93. The third-order valence-electron chi connectivity index (χ3n) is 4.44. The number of carbonyl (C=O) groups is 1. The van der Waals surface area contributed by atoms with Crippen LogP contribution in [0, 0.1) is 36.5 Å². The number of amides is 1. The van der Waals surface area contributed by atoms with Crippen LogP contribution in [-0.4, -0.2) is 20.5 Å². The molecule has 0 bridgehead atoms. The number of aryl methyl sites for hydroxylation is 3. The van der Waals surface area contributed by atoms with Gasteiger partial charge in [-0.2, -0.15) is 15.6 Å². The van der Waals surface area contributed by atoms with Crippen molar-refractivity contribution in [2.45, 2.75) is 40.0 Å². The van der Waals surface area contributed by atoms with E-state index < -0.39 is 0 Å². The number of thiophene rings is 1. The molecule has 0 aliphatic carbocycles. The van der Waals surface area contributed by atoms with Gasteiger partial charge in [0.2, 0.25) is 5.91 Å². The zero-order chi connectivity index (χ0) is 19.6. The van der Waals surface area contributed by atoms with Crippen LogP contribution >= 0.6 is 11.3 Å². The summed E-state index contributed by atoms with van der Waals surface area (Å²) in [6, 6.07) is 6.02. The molecule has 8 heteroatoms. The fraction of sp³-hybridized carbons (Fsp3) is 0.316. The molecule has 1 N–H and O–H groups in total. The SMILES string of the molecule is CCc1cc(C#N)c(NC(=O)CCc2c(C)nc3c(C#N)cnn3c2C)s1. The smallest absolute Gasteiger partial charge is 0.225 e. The van der Waals surface area contributed by atoms with Gasteiger partial charge in [-0.05, 0) is 38.3 Å². The zero-order valence-corrected chi connectivity index (χ0v) is 16.1. The van der Waals surface area contributed by atoms with Crippen LogP contribution in [0.1, 0.15) is 46.3 Å². The predicted molar refractivity (Wildman–Crippen MR) is 103 cm³/mol. The first-order chi connectivity index (χ1) is 13.0. The van der Waals surface area contributed by atoms with Gasteiger partial charge < -0.3 is 5.32 Å². The Morgan fingerprint density at radius 2 is 2.04 bits per heavy atom. The van der Waals surface area contributed by atoms with Gasteiger partial charge in [-0.15, -0.1) is 11.3 Å². The van der Waals surface area contributed by atoms with E-state index in [2.05, 4.69) is 27.5 Å². The van der Waals surface area contributed by atoms with Gasteiger partial charge >= 0.3 is 0 Å². The fourth-order valence-electron chi connectivity index (χ4n) is 2.97. The molecular formula is C19H18N6OS. The molecule has 7 nitrogen and oxygen atoms in total. The van der Waals surface area contributed by atoms with Crippen molar-refractivity contribution in [3.05, 3.63) is 45.2 Å². The molecule has 0 aliphatic rings. The Morgan fingerprint density at radius 3 is 2.70 bits per heavy atom. The standard InChI is InChI=1S/C19H18N6OS/c1-4-15-7-13(8-20)19(27-15)24-17(26)6-5-16-11(2)23-18-14(9-21)10-22-25(18)12(16)3/h7,10H,4-6H2,1-3H3,(H,24,26). The van der Waals surface area contributed by atoms with E-state index in [0.717, 1.165) is 28.2 Å². The number of fused-ring (bicyclic) bond motifs is 1. The number of rotatable bonds is 5. The van der Waals surface area contributed by atoms with E-state index in [1.54, 1.807) is 4.52 Å². The summed E-state index contributed by atoms with van der Waals surface area (Å²) in [5.74, 6) is -0.145. The van der Waals surface area contributed by atoms with Gasteiger partial charge in [0.05, 0.1) is 11.8 Å². The molecule has 0 atom stereocenters. The minimum Gasteiger partial charge on any atom is -0.317 e. The van der Waals surface area contributed by atoms with Crippen molar-refractivity contribution in [3.63, 3.8) is 0 Å². The number of carbonyl (C=O) groups excluding carboxylic acids is 1. The molecule has 0 aliphatic heterocycles. The third-order valence-corrected chi connectivity index (χ3v) is 5.63. The van der Waals surface area contributed by atoms with Crippen LogP contribution in [0.3, 0.4) is 0 Å². The summed E-state index contributed by atoms with van der Waals surface area (Å²) >= 11 is 1.44. The van der Waals surface area contributed by atoms with Crippen LogP contribution in [0.5, 0.6) is 0 Å². The van der Waals surface area contributed by atoms with Crippen molar-refractivity contribution < 1.29 is 4.79 Å². The van der Waals surface area contributed by atoms with E-state index in [0.29, 0.717) is 28.2 Å². The maximum atomic E-state index is 12.4. The molecule has 0 radical (unpaired) electrons. The molecule has 136 valence electrons. The van der Waals surface area contributed by atoms with Gasteiger partial charge in [-0.1, -0.05) is 6.92 Å². The number of nitrogens with zero attached hydrogens (tertiary/aromatic N) is 5. The first-order valence-corrected chi connectivity index (χ1v) is 9.36. The summed E-state index contributed by atoms with van der Waals surface area (Å²) in [4.78, 5) is 17.9. The van der Waals surface area contributed by atoms with Gasteiger partial charge in [0.15, 0.2) is 5.65 Å². The minimum absolute atomic E-state index is 0.145. The van der Waals surface area contributed by atoms with Crippen molar-refractivity contribution in [1.82, 2.24) is 14.6 Å². The maximum absolute atomic E-state index is 12.4. The van der Waals surface area contributed by atoms with Crippen LogP contribution in [0.4, 0.5) is 5.00 Å². The summed E-state index contributed by atoms with van der Waals surface area (Å²) < 4.78 is 1.64. The number of nitriles is 2. The van der Waals surface area contributed by atoms with E-state index in [9.17, 15) is 10.1 Å². The van der Waals surface area contributed by atoms with Crippen LogP contribution < -0.4 is 5.32 Å². The van der Waals surface area contributed by atoms with E-state index in [1.165, 1.54) is 17.5 Å². The molecule has 0 aromatic carbocycles. The summed E-state index contributed by atoms with van der Waals surface area (Å²) in [7, 11) is 0. The second kappa shape index (κ2) is 7.56. The predicted octanol–water partition coefficient (Wildman–Crippen LogP) is 3.28. The number of aromatic nitrogens is 3. The molecule has 27 heavy (non-hydrogen) atoms. The van der Waals surface area contributed by atoms with Crippen molar-refractivity contribution in [2.75, 3.05) is 5.32 Å². The highest BCUT2D eigenvalue weighted by Gasteiger charge is 2.16. The van der Waals surface area contributed by atoms with Gasteiger partial charge in [0.1, 0.15) is 22.7 Å². The van der Waals surface area contributed by atoms with Crippen molar-refractivity contribution in [2.24, 2.45) is 0 Å². The average Bonchev–Trinajstić information content (AvgIpc) is 3.24. The second-order valence-electron chi connectivity index (χ2n) is 6.14.